The van der Waals surface area contributed by atoms with Gasteiger partial charge in [-0.3, -0.25) is 4.79 Å². The van der Waals surface area contributed by atoms with Crippen molar-refractivity contribution in [2.75, 3.05) is 0 Å². The first kappa shape index (κ1) is 15.3. The van der Waals surface area contributed by atoms with Crippen LogP contribution in [0, 0.1) is 7.14 Å². The standard InChI is InChI=1S/C19H12IO.ClH/c21-19-17-9-5-4-8-15(17)16-11-10-14(12-18(16)19)20-13-6-2-1-3-7-13;/h1-12H;1H/q+1;/p-1. The van der Waals surface area contributed by atoms with Gasteiger partial charge in [0.25, 0.3) is 0 Å². The first-order valence-corrected chi connectivity index (χ1v) is 8.97. The molecule has 22 heavy (non-hydrogen) atoms. The van der Waals surface area contributed by atoms with Gasteiger partial charge in [-0.1, -0.05) is 42.5 Å². The van der Waals surface area contributed by atoms with Crippen LogP contribution in [0.15, 0.2) is 72.8 Å². The average molecular weight is 419 g/mol. The first-order chi connectivity index (χ1) is 10.3. The van der Waals surface area contributed by atoms with E-state index in [0.29, 0.717) is 0 Å². The quantitative estimate of drug-likeness (QED) is 0.345. The topological polar surface area (TPSA) is 17.1 Å². The normalized spacial score (nSPS) is 11.5. The van der Waals surface area contributed by atoms with Crippen molar-refractivity contribution in [1.29, 1.82) is 0 Å². The first-order valence-electron chi connectivity index (χ1n) is 6.81. The van der Waals surface area contributed by atoms with Crippen LogP contribution < -0.4 is 33.6 Å². The Morgan fingerprint density at radius 2 is 1.23 bits per heavy atom. The fourth-order valence-corrected chi connectivity index (χ4v) is 4.98. The molecule has 0 aliphatic heterocycles. The molecule has 3 heteroatoms. The molecule has 1 aliphatic carbocycles. The molecule has 1 aliphatic rings. The lowest BCUT2D eigenvalue weighted by Crippen LogP contribution is -3.61. The number of hydrogen-bond donors (Lipinski definition) is 0. The Morgan fingerprint density at radius 1 is 0.591 bits per heavy atom. The predicted molar refractivity (Wildman–Crippen MR) is 79.1 cm³/mol. The molecule has 0 bridgehead atoms. The summed E-state index contributed by atoms with van der Waals surface area (Å²) in [6, 6.07) is 24.8. The molecule has 0 heterocycles. The molecule has 0 aromatic heterocycles. The summed E-state index contributed by atoms with van der Waals surface area (Å²) < 4.78 is 2.67. The van der Waals surface area contributed by atoms with Crippen LogP contribution in [-0.2, 0) is 0 Å². The Bertz CT molecular complexity index is 843. The zero-order chi connectivity index (χ0) is 14.2. The molecule has 3 aromatic rings. The van der Waals surface area contributed by atoms with E-state index in [1.54, 1.807) is 0 Å². The molecule has 1 nitrogen and oxygen atoms in total. The van der Waals surface area contributed by atoms with Gasteiger partial charge in [-0.25, -0.2) is 0 Å². The minimum atomic E-state index is -0.228. The molecular weight excluding hydrogens is 407 g/mol. The van der Waals surface area contributed by atoms with Crippen LogP contribution in [0.4, 0.5) is 0 Å². The summed E-state index contributed by atoms with van der Waals surface area (Å²) in [5.74, 6) is 0.166. The summed E-state index contributed by atoms with van der Waals surface area (Å²) in [5.41, 5.74) is 3.85. The lowest BCUT2D eigenvalue weighted by molar-refractivity contribution is -0.597. The third kappa shape index (κ3) is 2.57. The van der Waals surface area contributed by atoms with Crippen LogP contribution in [-0.4, -0.2) is 5.78 Å². The molecule has 0 N–H and O–H groups in total. The lowest BCUT2D eigenvalue weighted by Gasteiger charge is -1.97. The van der Waals surface area contributed by atoms with Gasteiger partial charge < -0.3 is 12.4 Å². The highest BCUT2D eigenvalue weighted by molar-refractivity contribution is 6.21. The Balaban J connectivity index is 0.00000144. The summed E-state index contributed by atoms with van der Waals surface area (Å²) in [6.45, 7) is 0. The zero-order valence-corrected chi connectivity index (χ0v) is 14.5. The molecule has 108 valence electrons. The SMILES string of the molecule is O=C1c2ccccc2-c2ccc([I+]c3ccccc3)cc21.[Cl-]. The van der Waals surface area contributed by atoms with Crippen molar-refractivity contribution in [3.8, 4) is 11.1 Å². The predicted octanol–water partition coefficient (Wildman–Crippen LogP) is -1.97. The Labute approximate surface area is 146 Å². The van der Waals surface area contributed by atoms with Gasteiger partial charge in [0.1, 0.15) is 0 Å². The maximum Gasteiger partial charge on any atom is 0.357 e. The second-order valence-electron chi connectivity index (χ2n) is 4.95. The number of halogens is 2. The van der Waals surface area contributed by atoms with Gasteiger partial charge in [-0.05, 0) is 35.4 Å². The van der Waals surface area contributed by atoms with Crippen molar-refractivity contribution < 1.29 is 38.4 Å². The molecule has 0 spiro atoms. The van der Waals surface area contributed by atoms with Crippen LogP contribution in [0.2, 0.25) is 0 Å². The van der Waals surface area contributed by atoms with Gasteiger partial charge in [0.05, 0.1) is 0 Å². The van der Waals surface area contributed by atoms with Crippen LogP contribution in [0.1, 0.15) is 15.9 Å². The summed E-state index contributed by atoms with van der Waals surface area (Å²) in [7, 11) is 0. The van der Waals surface area contributed by atoms with Crippen molar-refractivity contribution >= 4 is 5.78 Å². The van der Waals surface area contributed by atoms with E-state index in [1.807, 2.05) is 30.3 Å². The minimum absolute atomic E-state index is 0. The van der Waals surface area contributed by atoms with E-state index in [9.17, 15) is 4.79 Å². The zero-order valence-electron chi connectivity index (χ0n) is 11.6. The minimum Gasteiger partial charge on any atom is -1.00 e. The van der Waals surface area contributed by atoms with Gasteiger partial charge in [0, 0.05) is 17.2 Å². The van der Waals surface area contributed by atoms with E-state index in [4.69, 9.17) is 0 Å². The largest absolute Gasteiger partial charge is 1.00 e. The molecule has 0 saturated heterocycles. The van der Waals surface area contributed by atoms with Gasteiger partial charge >= 0.3 is 21.2 Å². The van der Waals surface area contributed by atoms with Crippen molar-refractivity contribution in [2.45, 2.75) is 0 Å². The maximum atomic E-state index is 12.5. The van der Waals surface area contributed by atoms with Gasteiger partial charge in [0.15, 0.2) is 12.9 Å². The molecular formula is C19H12ClIO. The molecule has 0 fully saturated rings. The second-order valence-corrected chi connectivity index (χ2v) is 7.99. The fraction of sp³-hybridized carbons (Fsp3) is 0. The van der Waals surface area contributed by atoms with Crippen LogP contribution >= 0.6 is 0 Å². The number of benzene rings is 3. The Morgan fingerprint density at radius 3 is 2.00 bits per heavy atom. The number of ketones is 1. The van der Waals surface area contributed by atoms with Crippen LogP contribution in [0.5, 0.6) is 0 Å². The van der Waals surface area contributed by atoms with E-state index in [-0.39, 0.29) is 39.4 Å². The van der Waals surface area contributed by atoms with Gasteiger partial charge in [-0.2, -0.15) is 0 Å². The van der Waals surface area contributed by atoms with E-state index in [0.717, 1.165) is 22.3 Å². The third-order valence-corrected chi connectivity index (χ3v) is 6.28. The van der Waals surface area contributed by atoms with Crippen molar-refractivity contribution in [2.24, 2.45) is 0 Å². The molecule has 0 unspecified atom stereocenters. The summed E-state index contributed by atoms with van der Waals surface area (Å²) in [4.78, 5) is 12.5. The van der Waals surface area contributed by atoms with Crippen LogP contribution in [0.3, 0.4) is 0 Å². The third-order valence-electron chi connectivity index (χ3n) is 3.64. The van der Waals surface area contributed by atoms with Crippen molar-refractivity contribution in [3.05, 3.63) is 91.1 Å². The van der Waals surface area contributed by atoms with Gasteiger partial charge in [-0.15, -0.1) is 0 Å². The lowest BCUT2D eigenvalue weighted by atomic mass is 10.1. The number of hydrogen-bond acceptors (Lipinski definition) is 1. The van der Waals surface area contributed by atoms with Gasteiger partial charge in [0.2, 0.25) is 0 Å². The molecule has 0 atom stereocenters. The summed E-state index contributed by atoms with van der Waals surface area (Å²) in [5, 5.41) is 0. The molecule has 4 rings (SSSR count). The summed E-state index contributed by atoms with van der Waals surface area (Å²) in [6.07, 6.45) is 0. The molecule has 0 radical (unpaired) electrons. The van der Waals surface area contributed by atoms with E-state index < -0.39 is 0 Å². The van der Waals surface area contributed by atoms with Crippen molar-refractivity contribution in [1.82, 2.24) is 0 Å². The van der Waals surface area contributed by atoms with E-state index in [1.165, 1.54) is 7.14 Å². The second kappa shape index (κ2) is 6.23. The average Bonchev–Trinajstić information content (AvgIpc) is 2.82. The monoisotopic (exact) mass is 418 g/mol. The van der Waals surface area contributed by atoms with Crippen LogP contribution in [0.25, 0.3) is 11.1 Å². The Hall–Kier alpha value is -1.65. The van der Waals surface area contributed by atoms with E-state index in [2.05, 4.69) is 42.5 Å². The van der Waals surface area contributed by atoms with E-state index >= 15 is 0 Å². The Kier molecular flexibility index (Phi) is 4.32. The highest BCUT2D eigenvalue weighted by Gasteiger charge is 2.28. The molecule has 3 aromatic carbocycles. The van der Waals surface area contributed by atoms with Crippen molar-refractivity contribution in [3.63, 3.8) is 0 Å². The highest BCUT2D eigenvalue weighted by Crippen LogP contribution is 2.35. The number of carbonyl (C=O) groups excluding carboxylic acids is 1. The highest BCUT2D eigenvalue weighted by atomic mass is 127. The number of rotatable bonds is 2. The molecule has 0 amide bonds. The smallest absolute Gasteiger partial charge is 0.357 e. The number of carbonyl (C=O) groups is 1. The maximum absolute atomic E-state index is 12.5. The fourth-order valence-electron chi connectivity index (χ4n) is 2.66. The molecule has 0 saturated carbocycles. The number of fused-ring (bicyclic) bond motifs is 3. The summed E-state index contributed by atoms with van der Waals surface area (Å²) >= 11 is -0.228.